The molecule has 0 aliphatic rings. The molecule has 0 unspecified atom stereocenters. The van der Waals surface area contributed by atoms with Crippen LogP contribution in [0.3, 0.4) is 0 Å². The lowest BCUT2D eigenvalue weighted by Crippen LogP contribution is -2.04. The van der Waals surface area contributed by atoms with E-state index in [2.05, 4.69) is 10.3 Å². The maximum absolute atomic E-state index is 11.1. The van der Waals surface area contributed by atoms with E-state index in [1.54, 1.807) is 24.4 Å². The third-order valence-electron chi connectivity index (χ3n) is 4.11. The monoisotopic (exact) mass is 422 g/mol. The summed E-state index contributed by atoms with van der Waals surface area (Å²) in [5.74, 6) is 0.974. The molecule has 3 rings (SSSR count). The van der Waals surface area contributed by atoms with Crippen LogP contribution in [0.1, 0.15) is 25.0 Å². The zero-order chi connectivity index (χ0) is 21.3. The van der Waals surface area contributed by atoms with E-state index in [0.717, 1.165) is 22.5 Å². The van der Waals surface area contributed by atoms with Crippen molar-refractivity contribution in [2.24, 2.45) is 4.99 Å². The first-order valence-electron chi connectivity index (χ1n) is 9.60. The highest BCUT2D eigenvalue weighted by Gasteiger charge is 2.12. The van der Waals surface area contributed by atoms with Gasteiger partial charge in [0.15, 0.2) is 11.5 Å². The highest BCUT2D eigenvalue weighted by atomic mass is 35.5. The van der Waals surface area contributed by atoms with E-state index in [9.17, 15) is 4.79 Å². The third-order valence-corrected chi connectivity index (χ3v) is 4.39. The summed E-state index contributed by atoms with van der Waals surface area (Å²) < 4.78 is 11.7. The van der Waals surface area contributed by atoms with E-state index in [-0.39, 0.29) is 5.91 Å². The Morgan fingerprint density at radius 3 is 2.47 bits per heavy atom. The van der Waals surface area contributed by atoms with Crippen LogP contribution in [-0.2, 0) is 11.4 Å². The summed E-state index contributed by atoms with van der Waals surface area (Å²) in [6, 6.07) is 20.8. The molecular weight excluding hydrogens is 400 g/mol. The molecule has 3 aromatic rings. The minimum absolute atomic E-state index is 0.112. The summed E-state index contributed by atoms with van der Waals surface area (Å²) in [5, 5.41) is 3.18. The van der Waals surface area contributed by atoms with Crippen LogP contribution < -0.4 is 14.8 Å². The van der Waals surface area contributed by atoms with Gasteiger partial charge in [0.05, 0.1) is 17.3 Å². The van der Waals surface area contributed by atoms with Crippen molar-refractivity contribution in [2.75, 3.05) is 11.9 Å². The smallest absolute Gasteiger partial charge is 0.221 e. The molecule has 0 atom stereocenters. The first-order valence-corrected chi connectivity index (χ1v) is 9.97. The largest absolute Gasteiger partial charge is 0.490 e. The average molecular weight is 423 g/mol. The highest BCUT2D eigenvalue weighted by molar-refractivity contribution is 6.32. The summed E-state index contributed by atoms with van der Waals surface area (Å²) in [4.78, 5) is 15.6. The van der Waals surface area contributed by atoms with Gasteiger partial charge in [-0.1, -0.05) is 41.9 Å². The molecule has 0 aliphatic heterocycles. The number of carbonyl (C=O) groups excluding carboxylic acids is 1. The fourth-order valence-corrected chi connectivity index (χ4v) is 3.05. The van der Waals surface area contributed by atoms with Crippen molar-refractivity contribution in [3.05, 3.63) is 82.9 Å². The number of aliphatic imine (C=N–C) groups is 1. The van der Waals surface area contributed by atoms with E-state index in [1.165, 1.54) is 6.92 Å². The molecule has 0 radical (unpaired) electrons. The van der Waals surface area contributed by atoms with Gasteiger partial charge in [0.1, 0.15) is 6.61 Å². The van der Waals surface area contributed by atoms with Crippen molar-refractivity contribution >= 4 is 35.1 Å². The Bertz CT molecular complexity index is 1020. The van der Waals surface area contributed by atoms with Crippen LogP contribution in [0.2, 0.25) is 5.02 Å². The predicted molar refractivity (Wildman–Crippen MR) is 121 cm³/mol. The SMILES string of the molecule is CCOc1cc(C=Nc2ccc(NC(C)=O)cc2)cc(Cl)c1OCc1ccccc1. The third kappa shape index (κ3) is 6.09. The fraction of sp³-hybridized carbons (Fsp3) is 0.167. The number of benzene rings is 3. The van der Waals surface area contributed by atoms with Crippen LogP contribution in [0.25, 0.3) is 0 Å². The molecule has 0 aliphatic carbocycles. The van der Waals surface area contributed by atoms with E-state index in [4.69, 9.17) is 21.1 Å². The van der Waals surface area contributed by atoms with Gasteiger partial charge in [0.2, 0.25) is 5.91 Å². The van der Waals surface area contributed by atoms with E-state index in [0.29, 0.717) is 29.7 Å². The molecule has 0 spiro atoms. The summed E-state index contributed by atoms with van der Waals surface area (Å²) in [6.45, 7) is 4.27. The van der Waals surface area contributed by atoms with Gasteiger partial charge in [-0.2, -0.15) is 0 Å². The van der Waals surface area contributed by atoms with E-state index in [1.807, 2.05) is 55.5 Å². The van der Waals surface area contributed by atoms with Crippen molar-refractivity contribution in [2.45, 2.75) is 20.5 Å². The van der Waals surface area contributed by atoms with Gasteiger partial charge in [-0.05, 0) is 54.4 Å². The number of nitrogens with zero attached hydrogens (tertiary/aromatic N) is 1. The molecule has 0 saturated carbocycles. The molecule has 0 fully saturated rings. The van der Waals surface area contributed by atoms with Crippen molar-refractivity contribution in [1.82, 2.24) is 0 Å². The number of hydrogen-bond donors (Lipinski definition) is 1. The van der Waals surface area contributed by atoms with Crippen molar-refractivity contribution in [3.8, 4) is 11.5 Å². The van der Waals surface area contributed by atoms with Crippen LogP contribution in [0.5, 0.6) is 11.5 Å². The Hall–Kier alpha value is -3.31. The van der Waals surface area contributed by atoms with Crippen LogP contribution >= 0.6 is 11.6 Å². The Labute approximate surface area is 181 Å². The molecular formula is C24H23ClN2O3. The quantitative estimate of drug-likeness (QED) is 0.451. The second-order valence-electron chi connectivity index (χ2n) is 6.52. The molecule has 1 amide bonds. The maximum atomic E-state index is 11.1. The fourth-order valence-electron chi connectivity index (χ4n) is 2.78. The molecule has 0 aromatic heterocycles. The number of ether oxygens (including phenoxy) is 2. The van der Waals surface area contributed by atoms with Crippen LogP contribution in [0.15, 0.2) is 71.7 Å². The van der Waals surface area contributed by atoms with Crippen LogP contribution in [0.4, 0.5) is 11.4 Å². The Morgan fingerprint density at radius 2 is 1.80 bits per heavy atom. The lowest BCUT2D eigenvalue weighted by Gasteiger charge is -2.14. The number of halogens is 1. The molecule has 154 valence electrons. The number of amides is 1. The Balaban J connectivity index is 1.76. The lowest BCUT2D eigenvalue weighted by molar-refractivity contribution is -0.114. The second-order valence-corrected chi connectivity index (χ2v) is 6.93. The molecule has 0 heterocycles. The summed E-state index contributed by atoms with van der Waals surface area (Å²) in [7, 11) is 0. The molecule has 30 heavy (non-hydrogen) atoms. The number of nitrogens with one attached hydrogen (secondary N) is 1. The Kier molecular flexibility index (Phi) is 7.46. The molecule has 1 N–H and O–H groups in total. The zero-order valence-corrected chi connectivity index (χ0v) is 17.6. The van der Waals surface area contributed by atoms with Crippen molar-refractivity contribution in [1.29, 1.82) is 0 Å². The first kappa shape index (κ1) is 21.4. The van der Waals surface area contributed by atoms with Gasteiger partial charge in [-0.25, -0.2) is 0 Å². The number of anilines is 1. The van der Waals surface area contributed by atoms with Gasteiger partial charge < -0.3 is 14.8 Å². The van der Waals surface area contributed by atoms with Gasteiger partial charge in [-0.3, -0.25) is 9.79 Å². The summed E-state index contributed by atoms with van der Waals surface area (Å²) >= 11 is 6.48. The van der Waals surface area contributed by atoms with E-state index < -0.39 is 0 Å². The lowest BCUT2D eigenvalue weighted by atomic mass is 10.2. The summed E-state index contributed by atoms with van der Waals surface area (Å²) in [6.07, 6.45) is 1.71. The average Bonchev–Trinajstić information content (AvgIpc) is 2.73. The van der Waals surface area contributed by atoms with Crippen LogP contribution in [0, 0.1) is 0 Å². The number of rotatable bonds is 8. The molecule has 5 nitrogen and oxygen atoms in total. The topological polar surface area (TPSA) is 59.9 Å². The second kappa shape index (κ2) is 10.5. The zero-order valence-electron chi connectivity index (χ0n) is 16.9. The van der Waals surface area contributed by atoms with Crippen LogP contribution in [-0.4, -0.2) is 18.7 Å². The van der Waals surface area contributed by atoms with Gasteiger partial charge in [-0.15, -0.1) is 0 Å². The predicted octanol–water partition coefficient (Wildman–Crippen LogP) is 6.03. The normalized spacial score (nSPS) is 10.8. The summed E-state index contributed by atoms with van der Waals surface area (Å²) in [5.41, 5.74) is 3.32. The molecule has 3 aromatic carbocycles. The first-order chi connectivity index (χ1) is 14.5. The number of hydrogen-bond acceptors (Lipinski definition) is 4. The van der Waals surface area contributed by atoms with E-state index >= 15 is 0 Å². The molecule has 6 heteroatoms. The minimum Gasteiger partial charge on any atom is -0.490 e. The molecule has 0 saturated heterocycles. The van der Waals surface area contributed by atoms with Gasteiger partial charge >= 0.3 is 0 Å². The minimum atomic E-state index is -0.112. The number of carbonyl (C=O) groups is 1. The highest BCUT2D eigenvalue weighted by Crippen LogP contribution is 2.37. The van der Waals surface area contributed by atoms with Crippen molar-refractivity contribution in [3.63, 3.8) is 0 Å². The standard InChI is InChI=1S/C24H23ClN2O3/c1-3-29-23-14-19(15-26-20-9-11-21(12-10-20)27-17(2)28)13-22(25)24(23)30-16-18-7-5-4-6-8-18/h4-15H,3,16H2,1-2H3,(H,27,28). The van der Waals surface area contributed by atoms with Gasteiger partial charge in [0, 0.05) is 18.8 Å². The van der Waals surface area contributed by atoms with Crippen molar-refractivity contribution < 1.29 is 14.3 Å². The Morgan fingerprint density at radius 1 is 1.07 bits per heavy atom. The van der Waals surface area contributed by atoms with Gasteiger partial charge in [0.25, 0.3) is 0 Å². The molecule has 0 bridgehead atoms. The maximum Gasteiger partial charge on any atom is 0.221 e.